The van der Waals surface area contributed by atoms with Crippen molar-refractivity contribution in [2.75, 3.05) is 0 Å². The van der Waals surface area contributed by atoms with E-state index in [0.717, 1.165) is 37.5 Å². The lowest BCUT2D eigenvalue weighted by atomic mass is 9.45. The highest BCUT2D eigenvalue weighted by atomic mass is 16.5. The first-order valence-corrected chi connectivity index (χ1v) is 10.5. The van der Waals surface area contributed by atoms with Crippen LogP contribution in [0, 0.1) is 40.4 Å². The van der Waals surface area contributed by atoms with Gasteiger partial charge >= 0.3 is 5.97 Å². The molecule has 0 spiro atoms. The monoisotopic (exact) mass is 346 g/mol. The van der Waals surface area contributed by atoms with Crippen molar-refractivity contribution in [1.82, 2.24) is 0 Å². The van der Waals surface area contributed by atoms with Crippen molar-refractivity contribution in [2.24, 2.45) is 40.4 Å². The molecular weight excluding hydrogens is 312 g/mol. The average molecular weight is 347 g/mol. The molecule has 0 amide bonds. The Balaban J connectivity index is 1.55. The van der Waals surface area contributed by atoms with Crippen LogP contribution in [0.3, 0.4) is 0 Å². The molecule has 0 radical (unpaired) electrons. The smallest absolute Gasteiger partial charge is 0.302 e. The average Bonchev–Trinajstić information content (AvgIpc) is 2.78. The second kappa shape index (κ2) is 5.82. The first-order valence-electron chi connectivity index (χ1n) is 10.5. The van der Waals surface area contributed by atoms with Gasteiger partial charge in [-0.05, 0) is 80.5 Å². The van der Waals surface area contributed by atoms with Crippen LogP contribution in [0.5, 0.6) is 0 Å². The molecule has 4 aliphatic rings. The molecule has 0 aromatic heterocycles. The molecule has 140 valence electrons. The fourth-order valence-electron chi connectivity index (χ4n) is 7.67. The number of carbonyl (C=O) groups is 2. The topological polar surface area (TPSA) is 43.4 Å². The molecular formula is C22H34O3. The van der Waals surface area contributed by atoms with Gasteiger partial charge in [-0.15, -0.1) is 0 Å². The number of carbonyl (C=O) groups excluding carboxylic acids is 2. The predicted octanol–water partition coefficient (Wildman–Crippen LogP) is 4.78. The normalized spacial score (nSPS) is 52.1. The van der Waals surface area contributed by atoms with Crippen molar-refractivity contribution in [2.45, 2.75) is 85.2 Å². The number of rotatable bonds is 1. The second-order valence-electron chi connectivity index (χ2n) is 10.1. The third-order valence-corrected chi connectivity index (χ3v) is 8.96. The predicted molar refractivity (Wildman–Crippen MR) is 96.8 cm³/mol. The lowest BCUT2D eigenvalue weighted by Gasteiger charge is -2.60. The van der Waals surface area contributed by atoms with Gasteiger partial charge < -0.3 is 4.74 Å². The van der Waals surface area contributed by atoms with Gasteiger partial charge in [0, 0.05) is 18.3 Å². The summed E-state index contributed by atoms with van der Waals surface area (Å²) in [6.45, 7) is 8.47. The highest BCUT2D eigenvalue weighted by Gasteiger charge is 2.61. The van der Waals surface area contributed by atoms with Gasteiger partial charge in [0.25, 0.3) is 0 Å². The summed E-state index contributed by atoms with van der Waals surface area (Å²) in [6, 6.07) is 0. The van der Waals surface area contributed by atoms with Crippen molar-refractivity contribution in [3.8, 4) is 0 Å². The van der Waals surface area contributed by atoms with Gasteiger partial charge in [0.15, 0.2) is 0 Å². The fraction of sp³-hybridized carbons (Fsp3) is 0.909. The Morgan fingerprint density at radius 2 is 1.80 bits per heavy atom. The standard InChI is InChI=1S/C22H34O3/c1-13-11-19-17-6-5-15-12-16(25-14(2)23)7-9-21(15,3)18(17)8-10-22(19,4)20(13)24/h13,15-19H,5-12H2,1-4H3/t13-,15+,16-,17+,18-,19-,21+,22+/m1/s1. The van der Waals surface area contributed by atoms with Crippen molar-refractivity contribution < 1.29 is 14.3 Å². The van der Waals surface area contributed by atoms with E-state index in [1.54, 1.807) is 0 Å². The van der Waals surface area contributed by atoms with Gasteiger partial charge in [0.1, 0.15) is 11.9 Å². The minimum atomic E-state index is -0.130. The van der Waals surface area contributed by atoms with Crippen LogP contribution in [0.4, 0.5) is 0 Å². The zero-order chi connectivity index (χ0) is 18.0. The zero-order valence-electron chi connectivity index (χ0n) is 16.3. The van der Waals surface area contributed by atoms with Crippen LogP contribution in [0.2, 0.25) is 0 Å². The molecule has 0 heterocycles. The summed E-state index contributed by atoms with van der Waals surface area (Å²) in [5.41, 5.74) is 0.342. The van der Waals surface area contributed by atoms with Gasteiger partial charge in [-0.1, -0.05) is 20.8 Å². The molecule has 4 fully saturated rings. The lowest BCUT2D eigenvalue weighted by molar-refractivity contribution is -0.160. The fourth-order valence-corrected chi connectivity index (χ4v) is 7.67. The molecule has 8 atom stereocenters. The van der Waals surface area contributed by atoms with Crippen LogP contribution in [0.1, 0.15) is 79.1 Å². The summed E-state index contributed by atoms with van der Waals surface area (Å²) in [6.07, 6.45) is 9.36. The minimum absolute atomic E-state index is 0.0429. The maximum Gasteiger partial charge on any atom is 0.302 e. The molecule has 0 aromatic carbocycles. The van der Waals surface area contributed by atoms with Crippen LogP contribution < -0.4 is 0 Å². The van der Waals surface area contributed by atoms with Crippen LogP contribution >= 0.6 is 0 Å². The minimum Gasteiger partial charge on any atom is -0.463 e. The van der Waals surface area contributed by atoms with E-state index in [9.17, 15) is 9.59 Å². The molecule has 0 unspecified atom stereocenters. The molecule has 0 aliphatic heterocycles. The lowest BCUT2D eigenvalue weighted by Crippen LogP contribution is -2.54. The number of hydrogen-bond donors (Lipinski definition) is 0. The van der Waals surface area contributed by atoms with Crippen molar-refractivity contribution in [1.29, 1.82) is 0 Å². The number of fused-ring (bicyclic) bond motifs is 5. The van der Waals surface area contributed by atoms with E-state index in [4.69, 9.17) is 4.74 Å². The first kappa shape index (κ1) is 17.5. The maximum atomic E-state index is 12.8. The molecule has 0 bridgehead atoms. The summed E-state index contributed by atoms with van der Waals surface area (Å²) >= 11 is 0. The Labute approximate surface area is 152 Å². The number of ether oxygens (including phenoxy) is 1. The Morgan fingerprint density at radius 3 is 2.52 bits per heavy atom. The van der Waals surface area contributed by atoms with Crippen molar-refractivity contribution in [3.05, 3.63) is 0 Å². The Hall–Kier alpha value is -0.860. The molecule has 3 heteroatoms. The van der Waals surface area contributed by atoms with E-state index in [2.05, 4.69) is 20.8 Å². The van der Waals surface area contributed by atoms with E-state index in [1.165, 1.54) is 32.6 Å². The first-order chi connectivity index (χ1) is 11.8. The molecule has 4 saturated carbocycles. The molecule has 3 nitrogen and oxygen atoms in total. The van der Waals surface area contributed by atoms with Gasteiger partial charge in [0.2, 0.25) is 0 Å². The van der Waals surface area contributed by atoms with Gasteiger partial charge in [-0.2, -0.15) is 0 Å². The highest BCUT2D eigenvalue weighted by molar-refractivity contribution is 5.89. The quantitative estimate of drug-likeness (QED) is 0.642. The summed E-state index contributed by atoms with van der Waals surface area (Å²) in [5, 5.41) is 0. The molecule has 0 saturated heterocycles. The SMILES string of the molecule is CC(=O)O[C@@H]1CC[C@@]2(C)[C@@H](CC[C@H]3[C@H]2CC[C@]2(C)C(=O)[C@H](C)C[C@H]32)C1. The highest BCUT2D eigenvalue weighted by Crippen LogP contribution is 2.66. The Kier molecular flexibility index (Phi) is 4.09. The van der Waals surface area contributed by atoms with E-state index in [1.807, 2.05) is 0 Å². The summed E-state index contributed by atoms with van der Waals surface area (Å²) in [4.78, 5) is 24.1. The third-order valence-electron chi connectivity index (χ3n) is 8.96. The summed E-state index contributed by atoms with van der Waals surface area (Å²) in [7, 11) is 0. The second-order valence-corrected chi connectivity index (χ2v) is 10.1. The Bertz CT molecular complexity index is 584. The molecule has 4 rings (SSSR count). The van der Waals surface area contributed by atoms with E-state index < -0.39 is 0 Å². The van der Waals surface area contributed by atoms with E-state index in [-0.39, 0.29) is 23.4 Å². The number of esters is 1. The largest absolute Gasteiger partial charge is 0.463 e. The number of ketones is 1. The third kappa shape index (κ3) is 2.51. The van der Waals surface area contributed by atoms with Gasteiger partial charge in [-0.25, -0.2) is 0 Å². The van der Waals surface area contributed by atoms with Crippen LogP contribution in [-0.2, 0) is 14.3 Å². The molecule has 4 aliphatic carbocycles. The van der Waals surface area contributed by atoms with Gasteiger partial charge in [-0.3, -0.25) is 9.59 Å². The van der Waals surface area contributed by atoms with Crippen molar-refractivity contribution >= 4 is 11.8 Å². The van der Waals surface area contributed by atoms with Gasteiger partial charge in [0.05, 0.1) is 0 Å². The summed E-state index contributed by atoms with van der Waals surface area (Å²) in [5.74, 6) is 3.47. The van der Waals surface area contributed by atoms with Crippen LogP contribution in [-0.4, -0.2) is 17.9 Å². The van der Waals surface area contributed by atoms with E-state index in [0.29, 0.717) is 23.0 Å². The number of Topliss-reactive ketones (excluding diaryl/α,β-unsaturated/α-hetero) is 1. The maximum absolute atomic E-state index is 12.8. The summed E-state index contributed by atoms with van der Waals surface area (Å²) < 4.78 is 5.55. The molecule has 25 heavy (non-hydrogen) atoms. The van der Waals surface area contributed by atoms with E-state index >= 15 is 0 Å². The van der Waals surface area contributed by atoms with Crippen LogP contribution in [0.15, 0.2) is 0 Å². The molecule has 0 aromatic rings. The van der Waals surface area contributed by atoms with Crippen LogP contribution in [0.25, 0.3) is 0 Å². The Morgan fingerprint density at radius 1 is 1.04 bits per heavy atom. The number of hydrogen-bond acceptors (Lipinski definition) is 3. The zero-order valence-corrected chi connectivity index (χ0v) is 16.3. The molecule has 0 N–H and O–H groups in total. The van der Waals surface area contributed by atoms with Crippen molar-refractivity contribution in [3.63, 3.8) is 0 Å².